The Morgan fingerprint density at radius 2 is 1.49 bits per heavy atom. The molecule has 35 heavy (non-hydrogen) atoms. The highest BCUT2D eigenvalue weighted by atomic mass is 16.5. The van der Waals surface area contributed by atoms with Crippen molar-refractivity contribution in [1.29, 1.82) is 0 Å². The van der Waals surface area contributed by atoms with Gasteiger partial charge >= 0.3 is 11.8 Å². The van der Waals surface area contributed by atoms with E-state index in [1.54, 1.807) is 24.3 Å². The fourth-order valence-corrected chi connectivity index (χ4v) is 3.73. The van der Waals surface area contributed by atoms with Crippen LogP contribution in [0.2, 0.25) is 0 Å². The van der Waals surface area contributed by atoms with E-state index in [-0.39, 0.29) is 0 Å². The summed E-state index contributed by atoms with van der Waals surface area (Å²) < 4.78 is 7.86. The molecule has 7 heteroatoms. The van der Waals surface area contributed by atoms with Crippen LogP contribution in [-0.2, 0) is 9.59 Å². The highest BCUT2D eigenvalue weighted by Gasteiger charge is 2.14. The summed E-state index contributed by atoms with van der Waals surface area (Å²) in [5.74, 6) is -0.351. The molecule has 4 aromatic rings. The van der Waals surface area contributed by atoms with Crippen LogP contribution in [0.4, 0.5) is 5.69 Å². The minimum atomic E-state index is -0.862. The van der Waals surface area contributed by atoms with Gasteiger partial charge < -0.3 is 14.6 Å². The molecular formula is C28H26N4O3. The minimum absolute atomic E-state index is 0.469. The molecule has 2 amide bonds. The van der Waals surface area contributed by atoms with Gasteiger partial charge in [0, 0.05) is 28.3 Å². The Morgan fingerprint density at radius 1 is 0.829 bits per heavy atom. The first-order chi connectivity index (χ1) is 16.9. The Labute approximate surface area is 204 Å². The first kappa shape index (κ1) is 23.5. The minimum Gasteiger partial charge on any atom is -0.457 e. The van der Waals surface area contributed by atoms with Gasteiger partial charge in [0.05, 0.1) is 6.21 Å². The summed E-state index contributed by atoms with van der Waals surface area (Å²) >= 11 is 0. The summed E-state index contributed by atoms with van der Waals surface area (Å²) in [7, 11) is 0. The highest BCUT2D eigenvalue weighted by Crippen LogP contribution is 2.23. The zero-order valence-electron chi connectivity index (χ0n) is 19.8. The lowest BCUT2D eigenvalue weighted by Gasteiger charge is -2.12. The van der Waals surface area contributed by atoms with Crippen LogP contribution in [0.1, 0.15) is 22.5 Å². The molecule has 0 atom stereocenters. The first-order valence-corrected chi connectivity index (χ1v) is 11.1. The smallest absolute Gasteiger partial charge is 0.329 e. The molecule has 0 aliphatic heterocycles. The number of hydrazone groups is 1. The van der Waals surface area contributed by atoms with E-state index in [9.17, 15) is 9.59 Å². The van der Waals surface area contributed by atoms with Crippen LogP contribution in [0, 0.1) is 20.8 Å². The largest absolute Gasteiger partial charge is 0.457 e. The molecule has 0 bridgehead atoms. The Kier molecular flexibility index (Phi) is 7.07. The van der Waals surface area contributed by atoms with E-state index in [0.29, 0.717) is 17.2 Å². The van der Waals surface area contributed by atoms with Crippen molar-refractivity contribution in [2.24, 2.45) is 5.10 Å². The van der Waals surface area contributed by atoms with Crippen molar-refractivity contribution < 1.29 is 14.3 Å². The normalized spacial score (nSPS) is 10.8. The summed E-state index contributed by atoms with van der Waals surface area (Å²) in [6, 6.07) is 26.2. The number of para-hydroxylation sites is 2. The van der Waals surface area contributed by atoms with Gasteiger partial charge in [-0.25, -0.2) is 5.43 Å². The molecule has 7 nitrogen and oxygen atoms in total. The predicted octanol–water partition coefficient (Wildman–Crippen LogP) is 5.28. The molecular weight excluding hydrogens is 440 g/mol. The standard InChI is InChI=1S/C28H26N4O3/c1-19-9-7-8-12-26(19)32-20(2)17-22(21(32)3)18-29-31-28(34)27(33)30-23-13-15-25(16-14-23)35-24-10-5-4-6-11-24/h4-18H,1-3H3,(H,30,33)(H,31,34)/b29-18-. The number of hydrogen-bond acceptors (Lipinski definition) is 4. The van der Waals surface area contributed by atoms with E-state index >= 15 is 0 Å². The third-order valence-corrected chi connectivity index (χ3v) is 5.49. The number of hydrogen-bond donors (Lipinski definition) is 2. The second kappa shape index (κ2) is 10.5. The van der Waals surface area contributed by atoms with Crippen LogP contribution < -0.4 is 15.5 Å². The van der Waals surface area contributed by atoms with Crippen molar-refractivity contribution in [2.45, 2.75) is 20.8 Å². The quantitative estimate of drug-likeness (QED) is 0.230. The Morgan fingerprint density at radius 3 is 2.20 bits per heavy atom. The van der Waals surface area contributed by atoms with Gasteiger partial charge in [-0.3, -0.25) is 9.59 Å². The number of benzene rings is 3. The molecule has 1 aromatic heterocycles. The molecule has 0 radical (unpaired) electrons. The van der Waals surface area contributed by atoms with Crippen molar-refractivity contribution in [3.8, 4) is 17.2 Å². The van der Waals surface area contributed by atoms with Crippen molar-refractivity contribution in [3.05, 3.63) is 107 Å². The molecule has 4 rings (SSSR count). The van der Waals surface area contributed by atoms with Gasteiger partial charge in [0.25, 0.3) is 0 Å². The summed E-state index contributed by atoms with van der Waals surface area (Å²) in [5.41, 5.74) is 7.87. The topological polar surface area (TPSA) is 84.7 Å². The number of aromatic nitrogens is 1. The maximum Gasteiger partial charge on any atom is 0.329 e. The van der Waals surface area contributed by atoms with Gasteiger partial charge in [-0.05, 0) is 74.9 Å². The third-order valence-electron chi connectivity index (χ3n) is 5.49. The number of aryl methyl sites for hydroxylation is 2. The van der Waals surface area contributed by atoms with Crippen LogP contribution in [0.15, 0.2) is 90.0 Å². The van der Waals surface area contributed by atoms with Crippen LogP contribution in [-0.4, -0.2) is 22.6 Å². The van der Waals surface area contributed by atoms with Gasteiger partial charge in [0.15, 0.2) is 0 Å². The van der Waals surface area contributed by atoms with Gasteiger partial charge in [0.2, 0.25) is 0 Å². The second-order valence-electron chi connectivity index (χ2n) is 8.04. The van der Waals surface area contributed by atoms with Crippen molar-refractivity contribution in [1.82, 2.24) is 9.99 Å². The number of nitrogens with zero attached hydrogens (tertiary/aromatic N) is 2. The highest BCUT2D eigenvalue weighted by molar-refractivity contribution is 6.39. The zero-order chi connectivity index (χ0) is 24.8. The van der Waals surface area contributed by atoms with Gasteiger partial charge in [-0.1, -0.05) is 36.4 Å². The number of nitrogens with one attached hydrogen (secondary N) is 2. The van der Waals surface area contributed by atoms with Gasteiger partial charge in [0.1, 0.15) is 11.5 Å². The summed E-state index contributed by atoms with van der Waals surface area (Å²) in [6.07, 6.45) is 1.54. The lowest BCUT2D eigenvalue weighted by molar-refractivity contribution is -0.136. The number of carbonyl (C=O) groups excluding carboxylic acids is 2. The molecule has 0 aliphatic rings. The van der Waals surface area contributed by atoms with Crippen molar-refractivity contribution >= 4 is 23.7 Å². The fourth-order valence-electron chi connectivity index (χ4n) is 3.73. The Hall–Kier alpha value is -4.65. The third kappa shape index (κ3) is 5.65. The lowest BCUT2D eigenvalue weighted by Crippen LogP contribution is -2.32. The monoisotopic (exact) mass is 466 g/mol. The number of amides is 2. The Balaban J connectivity index is 1.35. The lowest BCUT2D eigenvalue weighted by atomic mass is 10.2. The second-order valence-corrected chi connectivity index (χ2v) is 8.04. The van der Waals surface area contributed by atoms with Crippen LogP contribution >= 0.6 is 0 Å². The number of anilines is 1. The molecule has 2 N–H and O–H groups in total. The molecule has 0 saturated carbocycles. The molecule has 0 spiro atoms. The Bertz CT molecular complexity index is 1370. The van der Waals surface area contributed by atoms with Crippen LogP contribution in [0.5, 0.6) is 11.5 Å². The maximum absolute atomic E-state index is 12.2. The van der Waals surface area contributed by atoms with Gasteiger partial charge in [-0.2, -0.15) is 5.10 Å². The van der Waals surface area contributed by atoms with E-state index < -0.39 is 11.8 Å². The zero-order valence-corrected chi connectivity index (χ0v) is 19.8. The average molecular weight is 467 g/mol. The molecule has 0 aliphatic carbocycles. The van der Waals surface area contributed by atoms with Crippen LogP contribution in [0.25, 0.3) is 5.69 Å². The predicted molar refractivity (Wildman–Crippen MR) is 137 cm³/mol. The van der Waals surface area contributed by atoms with Crippen molar-refractivity contribution in [2.75, 3.05) is 5.32 Å². The summed E-state index contributed by atoms with van der Waals surface area (Å²) in [6.45, 7) is 6.06. The summed E-state index contributed by atoms with van der Waals surface area (Å²) in [4.78, 5) is 24.4. The number of carbonyl (C=O) groups is 2. The summed E-state index contributed by atoms with van der Waals surface area (Å²) in [5, 5.41) is 6.53. The van der Waals surface area contributed by atoms with E-state index in [2.05, 4.69) is 39.5 Å². The van der Waals surface area contributed by atoms with E-state index in [4.69, 9.17) is 4.74 Å². The van der Waals surface area contributed by atoms with E-state index in [1.165, 1.54) is 6.21 Å². The number of ether oxygens (including phenoxy) is 1. The molecule has 1 heterocycles. The molecule has 0 fully saturated rings. The molecule has 0 unspecified atom stereocenters. The number of rotatable bonds is 6. The van der Waals surface area contributed by atoms with Crippen LogP contribution in [0.3, 0.4) is 0 Å². The van der Waals surface area contributed by atoms with Crippen molar-refractivity contribution in [3.63, 3.8) is 0 Å². The SMILES string of the molecule is Cc1ccccc1-n1c(C)cc(/C=N\NC(=O)C(=O)Nc2ccc(Oc3ccccc3)cc2)c1C. The van der Waals surface area contributed by atoms with E-state index in [0.717, 1.165) is 28.2 Å². The van der Waals surface area contributed by atoms with Gasteiger partial charge in [-0.15, -0.1) is 0 Å². The molecule has 3 aromatic carbocycles. The molecule has 176 valence electrons. The molecule has 0 saturated heterocycles. The maximum atomic E-state index is 12.2. The fraction of sp³-hybridized carbons (Fsp3) is 0.107. The average Bonchev–Trinajstić information content (AvgIpc) is 3.14. The first-order valence-electron chi connectivity index (χ1n) is 11.1. The van der Waals surface area contributed by atoms with E-state index in [1.807, 2.05) is 62.4 Å².